The number of thiocarbonyl (C=S) groups is 1. The summed E-state index contributed by atoms with van der Waals surface area (Å²) in [6.07, 6.45) is 0.951. The summed E-state index contributed by atoms with van der Waals surface area (Å²) in [5.74, 6) is 0. The normalized spacial score (nSPS) is 10.9. The van der Waals surface area contributed by atoms with E-state index in [2.05, 4.69) is 79.1 Å². The van der Waals surface area contributed by atoms with Crippen LogP contribution in [-0.4, -0.2) is 14.9 Å². The van der Waals surface area contributed by atoms with Crippen molar-refractivity contribution in [2.75, 3.05) is 10.6 Å². The third-order valence-corrected chi connectivity index (χ3v) is 5.67. The van der Waals surface area contributed by atoms with Crippen molar-refractivity contribution in [3.63, 3.8) is 0 Å². The molecule has 30 heavy (non-hydrogen) atoms. The lowest BCUT2D eigenvalue weighted by atomic mass is 10.0. The fraction of sp³-hybridized carbons (Fsp3) is 0.200. The summed E-state index contributed by atoms with van der Waals surface area (Å²) in [4.78, 5) is 0. The average Bonchev–Trinajstić information content (AvgIpc) is 3.01. The van der Waals surface area contributed by atoms with Crippen LogP contribution in [-0.2, 0) is 13.0 Å². The standard InChI is InChI=1S/C25H26N4S/c1-4-19-10-6-8-15-23(19)26-25(30)27-24-17(2)28-29(18(24)3)16-21-13-9-12-20-11-5-7-14-22(20)21/h5-15H,4,16H2,1-3H3,(H2,26,27,30). The number of para-hydroxylation sites is 1. The third kappa shape index (κ3) is 4.07. The molecule has 0 bridgehead atoms. The number of rotatable bonds is 5. The van der Waals surface area contributed by atoms with Gasteiger partial charge < -0.3 is 10.6 Å². The molecule has 0 saturated heterocycles. The van der Waals surface area contributed by atoms with Crippen molar-refractivity contribution in [1.29, 1.82) is 0 Å². The molecule has 0 aliphatic heterocycles. The summed E-state index contributed by atoms with van der Waals surface area (Å²) < 4.78 is 2.04. The molecular formula is C25H26N4S. The molecular weight excluding hydrogens is 388 g/mol. The molecule has 0 aliphatic rings. The molecule has 3 aromatic carbocycles. The van der Waals surface area contributed by atoms with Crippen molar-refractivity contribution in [1.82, 2.24) is 9.78 Å². The SMILES string of the molecule is CCc1ccccc1NC(=S)Nc1c(C)nn(Cc2cccc3ccccc23)c1C. The van der Waals surface area contributed by atoms with Crippen molar-refractivity contribution < 1.29 is 0 Å². The fourth-order valence-corrected chi connectivity index (χ4v) is 4.05. The van der Waals surface area contributed by atoms with Crippen LogP contribution in [0.1, 0.15) is 29.4 Å². The lowest BCUT2D eigenvalue weighted by molar-refractivity contribution is 0.662. The van der Waals surface area contributed by atoms with Gasteiger partial charge in [0.1, 0.15) is 0 Å². The maximum Gasteiger partial charge on any atom is 0.175 e. The monoisotopic (exact) mass is 414 g/mol. The summed E-state index contributed by atoms with van der Waals surface area (Å²) in [6, 6.07) is 23.1. The summed E-state index contributed by atoms with van der Waals surface area (Å²) in [7, 11) is 0. The Morgan fingerprint density at radius 1 is 0.900 bits per heavy atom. The molecule has 4 rings (SSSR count). The second-order valence-corrected chi connectivity index (χ2v) is 7.84. The van der Waals surface area contributed by atoms with Crippen LogP contribution in [0.5, 0.6) is 0 Å². The molecule has 1 heterocycles. The van der Waals surface area contributed by atoms with Gasteiger partial charge in [0.15, 0.2) is 5.11 Å². The zero-order chi connectivity index (χ0) is 21.1. The second-order valence-electron chi connectivity index (χ2n) is 7.43. The van der Waals surface area contributed by atoms with Crippen LogP contribution < -0.4 is 10.6 Å². The first-order valence-corrected chi connectivity index (χ1v) is 10.6. The third-order valence-electron chi connectivity index (χ3n) is 5.47. The van der Waals surface area contributed by atoms with E-state index in [9.17, 15) is 0 Å². The van der Waals surface area contributed by atoms with Gasteiger partial charge in [-0.2, -0.15) is 5.10 Å². The minimum Gasteiger partial charge on any atom is -0.332 e. The van der Waals surface area contributed by atoms with Crippen LogP contribution in [0, 0.1) is 13.8 Å². The number of hydrogen-bond donors (Lipinski definition) is 2. The van der Waals surface area contributed by atoms with Gasteiger partial charge in [-0.05, 0) is 60.5 Å². The molecule has 0 saturated carbocycles. The molecule has 0 radical (unpaired) electrons. The maximum atomic E-state index is 5.59. The highest BCUT2D eigenvalue weighted by Crippen LogP contribution is 2.24. The van der Waals surface area contributed by atoms with E-state index < -0.39 is 0 Å². The van der Waals surface area contributed by atoms with Gasteiger partial charge in [0.2, 0.25) is 0 Å². The minimum absolute atomic E-state index is 0.576. The van der Waals surface area contributed by atoms with Crippen molar-refractivity contribution in [3.8, 4) is 0 Å². The van der Waals surface area contributed by atoms with E-state index in [-0.39, 0.29) is 0 Å². The first-order chi connectivity index (χ1) is 14.6. The zero-order valence-electron chi connectivity index (χ0n) is 17.6. The van der Waals surface area contributed by atoms with E-state index in [1.807, 2.05) is 23.7 Å². The number of nitrogens with zero attached hydrogens (tertiary/aromatic N) is 2. The number of anilines is 2. The van der Waals surface area contributed by atoms with E-state index in [4.69, 9.17) is 17.3 Å². The Bertz CT molecular complexity index is 1200. The molecule has 0 amide bonds. The predicted molar refractivity (Wildman–Crippen MR) is 130 cm³/mol. The molecule has 4 aromatic rings. The van der Waals surface area contributed by atoms with Gasteiger partial charge >= 0.3 is 0 Å². The Morgan fingerprint density at radius 2 is 1.60 bits per heavy atom. The second kappa shape index (κ2) is 8.67. The molecule has 0 aliphatic carbocycles. The van der Waals surface area contributed by atoms with E-state index in [1.54, 1.807) is 0 Å². The zero-order valence-corrected chi connectivity index (χ0v) is 18.4. The van der Waals surface area contributed by atoms with Crippen molar-refractivity contribution in [2.45, 2.75) is 33.7 Å². The van der Waals surface area contributed by atoms with Crippen LogP contribution in [0.25, 0.3) is 10.8 Å². The number of aromatic nitrogens is 2. The number of nitrogens with one attached hydrogen (secondary N) is 2. The maximum absolute atomic E-state index is 5.59. The quantitative estimate of drug-likeness (QED) is 0.389. The molecule has 0 atom stereocenters. The molecule has 152 valence electrons. The Kier molecular flexibility index (Phi) is 5.81. The van der Waals surface area contributed by atoms with E-state index in [1.165, 1.54) is 21.9 Å². The Morgan fingerprint density at radius 3 is 2.43 bits per heavy atom. The Labute approximate surface area is 182 Å². The topological polar surface area (TPSA) is 41.9 Å². The number of hydrogen-bond acceptors (Lipinski definition) is 2. The lowest BCUT2D eigenvalue weighted by Crippen LogP contribution is -2.20. The van der Waals surface area contributed by atoms with Gasteiger partial charge in [-0.3, -0.25) is 4.68 Å². The molecule has 5 heteroatoms. The molecule has 2 N–H and O–H groups in total. The van der Waals surface area contributed by atoms with Gasteiger partial charge in [0.25, 0.3) is 0 Å². The molecule has 0 spiro atoms. The summed E-state index contributed by atoms with van der Waals surface area (Å²) in [6.45, 7) is 6.95. The highest BCUT2D eigenvalue weighted by Gasteiger charge is 2.14. The van der Waals surface area contributed by atoms with Crippen LogP contribution in [0.15, 0.2) is 66.7 Å². The van der Waals surface area contributed by atoms with Gasteiger partial charge in [-0.15, -0.1) is 0 Å². The fourth-order valence-electron chi connectivity index (χ4n) is 3.84. The summed E-state index contributed by atoms with van der Waals surface area (Å²) in [5.41, 5.74) is 6.48. The Balaban J connectivity index is 1.55. The van der Waals surface area contributed by atoms with Crippen molar-refractivity contribution in [2.24, 2.45) is 0 Å². The number of benzene rings is 3. The first kappa shape index (κ1) is 20.1. The predicted octanol–water partition coefficient (Wildman–Crippen LogP) is 6.07. The van der Waals surface area contributed by atoms with Crippen molar-refractivity contribution in [3.05, 3.63) is 89.2 Å². The van der Waals surface area contributed by atoms with Crippen LogP contribution in [0.3, 0.4) is 0 Å². The van der Waals surface area contributed by atoms with Crippen molar-refractivity contribution >= 4 is 39.5 Å². The number of fused-ring (bicyclic) bond motifs is 1. The molecule has 1 aromatic heterocycles. The Hall–Kier alpha value is -3.18. The number of aryl methyl sites for hydroxylation is 2. The van der Waals surface area contributed by atoms with Gasteiger partial charge in [0.05, 0.1) is 23.6 Å². The highest BCUT2D eigenvalue weighted by molar-refractivity contribution is 7.80. The van der Waals surface area contributed by atoms with E-state index >= 15 is 0 Å². The first-order valence-electron chi connectivity index (χ1n) is 10.2. The summed E-state index contributed by atoms with van der Waals surface area (Å²) >= 11 is 5.59. The van der Waals surface area contributed by atoms with Gasteiger partial charge in [-0.25, -0.2) is 0 Å². The van der Waals surface area contributed by atoms with Crippen LogP contribution in [0.4, 0.5) is 11.4 Å². The molecule has 4 nitrogen and oxygen atoms in total. The van der Waals surface area contributed by atoms with Gasteiger partial charge in [-0.1, -0.05) is 67.6 Å². The average molecular weight is 415 g/mol. The van der Waals surface area contributed by atoms with Gasteiger partial charge in [0, 0.05) is 5.69 Å². The highest BCUT2D eigenvalue weighted by atomic mass is 32.1. The summed E-state index contributed by atoms with van der Waals surface area (Å²) in [5, 5.41) is 14.5. The van der Waals surface area contributed by atoms with Crippen LogP contribution >= 0.6 is 12.2 Å². The lowest BCUT2D eigenvalue weighted by Gasteiger charge is -2.14. The molecule has 0 fully saturated rings. The smallest absolute Gasteiger partial charge is 0.175 e. The van der Waals surface area contributed by atoms with E-state index in [0.717, 1.165) is 29.2 Å². The van der Waals surface area contributed by atoms with E-state index in [0.29, 0.717) is 11.7 Å². The van der Waals surface area contributed by atoms with Crippen LogP contribution in [0.2, 0.25) is 0 Å². The minimum atomic E-state index is 0.576. The largest absolute Gasteiger partial charge is 0.332 e. The molecule has 0 unspecified atom stereocenters.